The van der Waals surface area contributed by atoms with Crippen molar-refractivity contribution in [2.45, 2.75) is 32.7 Å². The molecule has 0 fully saturated rings. The quantitative estimate of drug-likeness (QED) is 0.918. The first-order valence-corrected chi connectivity index (χ1v) is 10.4. The molecule has 0 atom stereocenters. The van der Waals surface area contributed by atoms with E-state index in [2.05, 4.69) is 30.2 Å². The van der Waals surface area contributed by atoms with Gasteiger partial charge < -0.3 is 5.32 Å². The van der Waals surface area contributed by atoms with Crippen molar-refractivity contribution in [1.29, 1.82) is 0 Å². The predicted molar refractivity (Wildman–Crippen MR) is 96.8 cm³/mol. The second-order valence-corrected chi connectivity index (χ2v) is 8.88. The van der Waals surface area contributed by atoms with Gasteiger partial charge in [-0.05, 0) is 44.4 Å². The Morgan fingerprint density at radius 1 is 1.35 bits per heavy atom. The lowest BCUT2D eigenvalue weighted by molar-refractivity contribution is 0.592. The van der Waals surface area contributed by atoms with Crippen molar-refractivity contribution in [3.63, 3.8) is 0 Å². The summed E-state index contributed by atoms with van der Waals surface area (Å²) in [5.74, 6) is 0. The summed E-state index contributed by atoms with van der Waals surface area (Å²) in [6.45, 7) is 4.73. The molecule has 1 N–H and O–H groups in total. The first kappa shape index (κ1) is 16.3. The molecule has 0 unspecified atom stereocenters. The van der Waals surface area contributed by atoms with Crippen LogP contribution in [0.1, 0.15) is 25.8 Å². The van der Waals surface area contributed by atoms with Gasteiger partial charge in [-0.15, -0.1) is 11.3 Å². The van der Waals surface area contributed by atoms with Gasteiger partial charge in [0, 0.05) is 23.5 Å². The lowest BCUT2D eigenvalue weighted by Gasteiger charge is -2.29. The van der Waals surface area contributed by atoms with Crippen molar-refractivity contribution >= 4 is 32.2 Å². The van der Waals surface area contributed by atoms with Gasteiger partial charge in [0.1, 0.15) is 0 Å². The van der Waals surface area contributed by atoms with Crippen LogP contribution in [0.4, 0.5) is 10.8 Å². The van der Waals surface area contributed by atoms with Gasteiger partial charge in [0.05, 0.1) is 17.6 Å². The predicted octanol–water partition coefficient (Wildman–Crippen LogP) is 3.34. The third-order valence-corrected chi connectivity index (χ3v) is 5.72. The Balaban J connectivity index is 1.93. The zero-order valence-electron chi connectivity index (χ0n) is 13.5. The molecule has 2 aromatic rings. The molecule has 1 aliphatic rings. The van der Waals surface area contributed by atoms with Crippen LogP contribution in [0.5, 0.6) is 0 Å². The molecule has 0 aliphatic carbocycles. The van der Waals surface area contributed by atoms with E-state index in [4.69, 9.17) is 0 Å². The third kappa shape index (κ3) is 3.50. The molecule has 0 amide bonds. The number of anilines is 2. The number of thiazole rings is 1. The molecule has 1 aromatic carbocycles. The smallest absolute Gasteiger partial charge is 0.232 e. The molecular weight excluding hydrogens is 330 g/mol. The van der Waals surface area contributed by atoms with Crippen LogP contribution in [0.25, 0.3) is 11.3 Å². The molecule has 3 rings (SSSR count). The standard InChI is InChI=1S/C16H21N3O2S2/c1-11(2)17-16-18-14(10-22-16)12-6-7-15-13(9-12)5-4-8-19(15)23(3,20)21/h6-7,9-11H,4-5,8H2,1-3H3,(H,17,18). The minimum absolute atomic E-state index is 0.348. The lowest BCUT2D eigenvalue weighted by atomic mass is 10.00. The molecule has 124 valence electrons. The second kappa shape index (κ2) is 6.13. The highest BCUT2D eigenvalue weighted by Gasteiger charge is 2.24. The molecule has 0 saturated heterocycles. The van der Waals surface area contributed by atoms with Crippen molar-refractivity contribution in [2.75, 3.05) is 22.4 Å². The minimum Gasteiger partial charge on any atom is -0.359 e. The third-order valence-electron chi connectivity index (χ3n) is 3.77. The molecule has 5 nitrogen and oxygen atoms in total. The van der Waals surface area contributed by atoms with Crippen LogP contribution in [-0.2, 0) is 16.4 Å². The molecular formula is C16H21N3O2S2. The van der Waals surface area contributed by atoms with E-state index >= 15 is 0 Å². The van der Waals surface area contributed by atoms with E-state index in [0.29, 0.717) is 12.6 Å². The Kier molecular flexibility index (Phi) is 4.33. The summed E-state index contributed by atoms with van der Waals surface area (Å²) in [4.78, 5) is 4.61. The highest BCUT2D eigenvalue weighted by molar-refractivity contribution is 7.92. The van der Waals surface area contributed by atoms with Crippen molar-refractivity contribution in [3.05, 3.63) is 29.1 Å². The fraction of sp³-hybridized carbons (Fsp3) is 0.438. The number of aryl methyl sites for hydroxylation is 1. The van der Waals surface area contributed by atoms with Gasteiger partial charge in [-0.3, -0.25) is 4.31 Å². The molecule has 23 heavy (non-hydrogen) atoms. The number of nitrogens with zero attached hydrogens (tertiary/aromatic N) is 2. The fourth-order valence-corrected chi connectivity index (χ4v) is 4.65. The molecule has 2 heterocycles. The van der Waals surface area contributed by atoms with E-state index in [1.165, 1.54) is 10.6 Å². The lowest BCUT2D eigenvalue weighted by Crippen LogP contribution is -2.34. The van der Waals surface area contributed by atoms with Crippen LogP contribution >= 0.6 is 11.3 Å². The molecule has 0 radical (unpaired) electrons. The van der Waals surface area contributed by atoms with Crippen molar-refractivity contribution < 1.29 is 8.42 Å². The number of hydrogen-bond donors (Lipinski definition) is 1. The Bertz CT molecular complexity index is 812. The average molecular weight is 351 g/mol. The molecule has 0 spiro atoms. The largest absolute Gasteiger partial charge is 0.359 e. The van der Waals surface area contributed by atoms with Crippen LogP contribution in [0.3, 0.4) is 0 Å². The zero-order chi connectivity index (χ0) is 16.6. The molecule has 1 aliphatic heterocycles. The van der Waals surface area contributed by atoms with Gasteiger partial charge >= 0.3 is 0 Å². The first-order chi connectivity index (χ1) is 10.8. The highest BCUT2D eigenvalue weighted by atomic mass is 32.2. The van der Waals surface area contributed by atoms with E-state index < -0.39 is 10.0 Å². The number of sulfonamides is 1. The van der Waals surface area contributed by atoms with Crippen molar-refractivity contribution in [1.82, 2.24) is 4.98 Å². The van der Waals surface area contributed by atoms with E-state index in [1.807, 2.05) is 17.5 Å². The summed E-state index contributed by atoms with van der Waals surface area (Å²) in [6.07, 6.45) is 3.01. The first-order valence-electron chi connectivity index (χ1n) is 7.67. The maximum atomic E-state index is 11.9. The van der Waals surface area contributed by atoms with Crippen LogP contribution in [-0.4, -0.2) is 32.2 Å². The SMILES string of the molecule is CC(C)Nc1nc(-c2ccc3c(c2)CCCN3S(C)(=O)=O)cs1. The van der Waals surface area contributed by atoms with Crippen LogP contribution < -0.4 is 9.62 Å². The Morgan fingerprint density at radius 3 is 2.83 bits per heavy atom. The number of fused-ring (bicyclic) bond motifs is 1. The van der Waals surface area contributed by atoms with Gasteiger partial charge in [-0.1, -0.05) is 6.07 Å². The second-order valence-electron chi connectivity index (χ2n) is 6.12. The summed E-state index contributed by atoms with van der Waals surface area (Å²) in [5, 5.41) is 6.24. The van der Waals surface area contributed by atoms with E-state index in [1.54, 1.807) is 11.3 Å². The van der Waals surface area contributed by atoms with Gasteiger partial charge in [-0.2, -0.15) is 0 Å². The number of rotatable bonds is 4. The number of nitrogens with one attached hydrogen (secondary N) is 1. The van der Waals surface area contributed by atoms with Crippen LogP contribution in [0.15, 0.2) is 23.6 Å². The zero-order valence-corrected chi connectivity index (χ0v) is 15.2. The summed E-state index contributed by atoms with van der Waals surface area (Å²) >= 11 is 1.59. The normalized spacial score (nSPS) is 14.9. The average Bonchev–Trinajstić information content (AvgIpc) is 2.92. The topological polar surface area (TPSA) is 62.3 Å². The van der Waals surface area contributed by atoms with Gasteiger partial charge in [0.15, 0.2) is 5.13 Å². The maximum absolute atomic E-state index is 11.9. The summed E-state index contributed by atoms with van der Waals surface area (Å²) in [5.41, 5.74) is 3.84. The van der Waals surface area contributed by atoms with E-state index in [-0.39, 0.29) is 0 Å². The minimum atomic E-state index is -3.22. The number of aromatic nitrogens is 1. The summed E-state index contributed by atoms with van der Waals surface area (Å²) in [6, 6.07) is 6.28. The Labute approximate surface area is 141 Å². The monoisotopic (exact) mass is 351 g/mol. The van der Waals surface area contributed by atoms with Crippen LogP contribution in [0.2, 0.25) is 0 Å². The molecule has 0 bridgehead atoms. The summed E-state index contributed by atoms with van der Waals surface area (Å²) in [7, 11) is -3.22. The van der Waals surface area contributed by atoms with Gasteiger partial charge in [0.2, 0.25) is 10.0 Å². The fourth-order valence-electron chi connectivity index (χ4n) is 2.79. The number of hydrogen-bond acceptors (Lipinski definition) is 5. The maximum Gasteiger partial charge on any atom is 0.232 e. The summed E-state index contributed by atoms with van der Waals surface area (Å²) < 4.78 is 25.3. The molecule has 1 aromatic heterocycles. The highest BCUT2D eigenvalue weighted by Crippen LogP contribution is 2.33. The number of benzene rings is 1. The Hall–Kier alpha value is -1.60. The van der Waals surface area contributed by atoms with Gasteiger partial charge in [0.25, 0.3) is 0 Å². The van der Waals surface area contributed by atoms with Crippen molar-refractivity contribution in [3.8, 4) is 11.3 Å². The van der Waals surface area contributed by atoms with E-state index in [9.17, 15) is 8.42 Å². The van der Waals surface area contributed by atoms with Crippen LogP contribution in [0, 0.1) is 0 Å². The molecule has 0 saturated carbocycles. The van der Waals surface area contributed by atoms with Gasteiger partial charge in [-0.25, -0.2) is 13.4 Å². The molecule has 7 heteroatoms. The Morgan fingerprint density at radius 2 is 2.13 bits per heavy atom. The van der Waals surface area contributed by atoms with Crippen molar-refractivity contribution in [2.24, 2.45) is 0 Å². The van der Waals surface area contributed by atoms with E-state index in [0.717, 1.165) is 40.5 Å².